The van der Waals surface area contributed by atoms with E-state index in [1.165, 1.54) is 0 Å². The second-order valence-corrected chi connectivity index (χ2v) is 7.07. The van der Waals surface area contributed by atoms with Crippen LogP contribution in [0.1, 0.15) is 11.1 Å². The molecule has 1 N–H and O–H groups in total. The highest BCUT2D eigenvalue weighted by atomic mass is 35.5. The Morgan fingerprint density at radius 1 is 1.09 bits per heavy atom. The molecule has 0 aromatic heterocycles. The van der Waals surface area contributed by atoms with Gasteiger partial charge in [0, 0.05) is 6.54 Å². The predicted molar refractivity (Wildman–Crippen MR) is 88.8 cm³/mol. The average Bonchev–Trinajstić information content (AvgIpc) is 2.48. The van der Waals surface area contributed by atoms with Crippen molar-refractivity contribution in [1.29, 1.82) is 0 Å². The number of halogens is 1. The van der Waals surface area contributed by atoms with Crippen molar-refractivity contribution < 1.29 is 13.2 Å². The fourth-order valence-corrected chi connectivity index (χ4v) is 3.49. The van der Waals surface area contributed by atoms with Crippen molar-refractivity contribution in [2.45, 2.75) is 12.2 Å². The maximum atomic E-state index is 12.0. The summed E-state index contributed by atoms with van der Waals surface area (Å²) in [4.78, 5) is 0. The average molecular weight is 340 g/mol. The van der Waals surface area contributed by atoms with E-state index in [9.17, 15) is 8.42 Å². The molecular weight excluding hydrogens is 322 g/mol. The number of ether oxygens (including phenoxy) is 1. The predicted octanol–water partition coefficient (Wildman–Crippen LogP) is 3.01. The number of nitrogens with one attached hydrogen (secondary N) is 1. The molecule has 0 aliphatic carbocycles. The standard InChI is InChI=1S/C16H18ClNO3S/c1-21-16-8-7-13(11-15(16)17)9-10-18-22(19,20)12-14-5-3-2-4-6-14/h2-8,11,18H,9-10,12H2,1H3. The van der Waals surface area contributed by atoms with Crippen LogP contribution < -0.4 is 9.46 Å². The van der Waals surface area contributed by atoms with Gasteiger partial charge in [0.1, 0.15) is 5.75 Å². The van der Waals surface area contributed by atoms with Gasteiger partial charge in [0.2, 0.25) is 10.0 Å². The Labute approximate surface area is 136 Å². The van der Waals surface area contributed by atoms with E-state index < -0.39 is 10.0 Å². The maximum absolute atomic E-state index is 12.0. The first-order valence-electron chi connectivity index (χ1n) is 6.84. The van der Waals surface area contributed by atoms with Gasteiger partial charge in [-0.1, -0.05) is 48.0 Å². The van der Waals surface area contributed by atoms with Crippen LogP contribution in [-0.4, -0.2) is 22.1 Å². The Morgan fingerprint density at radius 3 is 2.45 bits per heavy atom. The highest BCUT2D eigenvalue weighted by Crippen LogP contribution is 2.24. The minimum absolute atomic E-state index is 0.0167. The van der Waals surface area contributed by atoms with Crippen molar-refractivity contribution in [2.75, 3.05) is 13.7 Å². The summed E-state index contributed by atoms with van der Waals surface area (Å²) in [7, 11) is -1.78. The lowest BCUT2D eigenvalue weighted by Gasteiger charge is -2.08. The molecule has 22 heavy (non-hydrogen) atoms. The van der Waals surface area contributed by atoms with Crippen LogP contribution in [0.2, 0.25) is 5.02 Å². The third kappa shape index (κ3) is 5.02. The number of rotatable bonds is 7. The van der Waals surface area contributed by atoms with Gasteiger partial charge < -0.3 is 4.74 Å². The van der Waals surface area contributed by atoms with E-state index in [1.807, 2.05) is 24.3 Å². The molecule has 0 bridgehead atoms. The summed E-state index contributed by atoms with van der Waals surface area (Å²) in [6.45, 7) is 0.331. The molecule has 2 aromatic rings. The Balaban J connectivity index is 1.89. The smallest absolute Gasteiger partial charge is 0.215 e. The lowest BCUT2D eigenvalue weighted by atomic mass is 10.1. The van der Waals surface area contributed by atoms with Crippen LogP contribution >= 0.6 is 11.6 Å². The highest BCUT2D eigenvalue weighted by Gasteiger charge is 2.11. The highest BCUT2D eigenvalue weighted by molar-refractivity contribution is 7.88. The Kier molecular flexibility index (Phi) is 5.83. The van der Waals surface area contributed by atoms with Crippen LogP contribution in [0.5, 0.6) is 5.75 Å². The Bertz CT molecular complexity index is 717. The zero-order valence-corrected chi connectivity index (χ0v) is 13.8. The molecule has 0 saturated heterocycles. The number of benzene rings is 2. The quantitative estimate of drug-likeness (QED) is 0.843. The van der Waals surface area contributed by atoms with Gasteiger partial charge in [-0.25, -0.2) is 13.1 Å². The molecule has 0 fully saturated rings. The molecule has 118 valence electrons. The van der Waals surface area contributed by atoms with Crippen molar-refractivity contribution in [3.8, 4) is 5.75 Å². The molecule has 0 heterocycles. The molecule has 0 saturated carbocycles. The molecule has 2 aromatic carbocycles. The molecule has 0 aliphatic heterocycles. The minimum atomic E-state index is -3.34. The molecule has 0 aliphatic rings. The van der Waals surface area contributed by atoms with E-state index >= 15 is 0 Å². The minimum Gasteiger partial charge on any atom is -0.495 e. The molecule has 0 radical (unpaired) electrons. The molecular formula is C16H18ClNO3S. The topological polar surface area (TPSA) is 55.4 Å². The lowest BCUT2D eigenvalue weighted by molar-refractivity contribution is 0.415. The van der Waals surface area contributed by atoms with Crippen molar-refractivity contribution >= 4 is 21.6 Å². The van der Waals surface area contributed by atoms with Crippen molar-refractivity contribution in [3.63, 3.8) is 0 Å². The van der Waals surface area contributed by atoms with E-state index in [0.29, 0.717) is 23.7 Å². The third-order valence-corrected chi connectivity index (χ3v) is 4.80. The largest absolute Gasteiger partial charge is 0.495 e. The van der Waals surface area contributed by atoms with E-state index in [4.69, 9.17) is 16.3 Å². The maximum Gasteiger partial charge on any atom is 0.215 e. The zero-order valence-electron chi connectivity index (χ0n) is 12.3. The third-order valence-electron chi connectivity index (χ3n) is 3.15. The van der Waals surface area contributed by atoms with Gasteiger partial charge in [-0.05, 0) is 29.7 Å². The fraction of sp³-hybridized carbons (Fsp3) is 0.250. The Morgan fingerprint density at radius 2 is 1.82 bits per heavy atom. The molecule has 0 amide bonds. The van der Waals surface area contributed by atoms with Crippen LogP contribution in [0.3, 0.4) is 0 Å². The van der Waals surface area contributed by atoms with E-state index in [-0.39, 0.29) is 5.75 Å². The summed E-state index contributed by atoms with van der Waals surface area (Å²) in [6.07, 6.45) is 0.567. The number of methoxy groups -OCH3 is 1. The van der Waals surface area contributed by atoms with Crippen molar-refractivity contribution in [2.24, 2.45) is 0 Å². The lowest BCUT2D eigenvalue weighted by Crippen LogP contribution is -2.27. The second kappa shape index (κ2) is 7.63. The van der Waals surface area contributed by atoms with Crippen molar-refractivity contribution in [3.05, 3.63) is 64.7 Å². The monoisotopic (exact) mass is 339 g/mol. The van der Waals surface area contributed by atoms with Crippen LogP contribution in [0, 0.1) is 0 Å². The SMILES string of the molecule is COc1ccc(CCNS(=O)(=O)Cc2ccccc2)cc1Cl. The zero-order chi connectivity index (χ0) is 16.0. The molecule has 4 nitrogen and oxygen atoms in total. The van der Waals surface area contributed by atoms with Crippen LogP contribution in [0.15, 0.2) is 48.5 Å². The van der Waals surface area contributed by atoms with E-state index in [2.05, 4.69) is 4.72 Å². The molecule has 0 spiro atoms. The van der Waals surface area contributed by atoms with Gasteiger partial charge in [-0.15, -0.1) is 0 Å². The van der Waals surface area contributed by atoms with E-state index in [1.54, 1.807) is 31.4 Å². The van der Waals surface area contributed by atoms with E-state index in [0.717, 1.165) is 11.1 Å². The molecule has 2 rings (SSSR count). The Hall–Kier alpha value is -1.56. The first-order valence-corrected chi connectivity index (χ1v) is 8.87. The van der Waals surface area contributed by atoms with Crippen LogP contribution in [0.25, 0.3) is 0 Å². The number of sulfonamides is 1. The van der Waals surface area contributed by atoms with Gasteiger partial charge in [-0.3, -0.25) is 0 Å². The summed E-state index contributed by atoms with van der Waals surface area (Å²) in [5.41, 5.74) is 1.72. The number of hydrogen-bond acceptors (Lipinski definition) is 3. The summed E-state index contributed by atoms with van der Waals surface area (Å²) in [5.74, 6) is 0.590. The van der Waals surface area contributed by atoms with Gasteiger partial charge in [0.05, 0.1) is 17.9 Å². The molecule has 0 unspecified atom stereocenters. The van der Waals surface area contributed by atoms with Gasteiger partial charge in [0.25, 0.3) is 0 Å². The normalized spacial score (nSPS) is 11.4. The summed E-state index contributed by atoms with van der Waals surface area (Å²) in [5, 5.41) is 0.521. The van der Waals surface area contributed by atoms with Crippen molar-refractivity contribution in [1.82, 2.24) is 4.72 Å². The summed E-state index contributed by atoms with van der Waals surface area (Å²) >= 11 is 6.04. The van der Waals surface area contributed by atoms with Crippen LogP contribution in [0.4, 0.5) is 0 Å². The molecule has 0 atom stereocenters. The van der Waals surface area contributed by atoms with Crippen LogP contribution in [-0.2, 0) is 22.2 Å². The van der Waals surface area contributed by atoms with Gasteiger partial charge >= 0.3 is 0 Å². The summed E-state index contributed by atoms with van der Waals surface area (Å²) < 4.78 is 31.7. The molecule has 6 heteroatoms. The first-order chi connectivity index (χ1) is 10.5. The van der Waals surface area contributed by atoms with Gasteiger partial charge in [0.15, 0.2) is 0 Å². The first kappa shape index (κ1) is 16.8. The number of hydrogen-bond donors (Lipinski definition) is 1. The summed E-state index contributed by atoms with van der Waals surface area (Å²) in [6, 6.07) is 14.5. The fourth-order valence-electron chi connectivity index (χ4n) is 2.06. The second-order valence-electron chi connectivity index (χ2n) is 4.86. The van der Waals surface area contributed by atoms with Gasteiger partial charge in [-0.2, -0.15) is 0 Å².